The fourth-order valence-corrected chi connectivity index (χ4v) is 1.76. The van der Waals surface area contributed by atoms with Crippen LogP contribution in [0.3, 0.4) is 0 Å². The van der Waals surface area contributed by atoms with Crippen LogP contribution in [0.4, 0.5) is 10.1 Å². The molecule has 2 N–H and O–H groups in total. The first-order valence-electron chi connectivity index (χ1n) is 5.85. The maximum Gasteiger partial charge on any atom is 0.123 e. The molecule has 94 valence electrons. The van der Waals surface area contributed by atoms with Crippen molar-refractivity contribution in [1.82, 2.24) is 0 Å². The molecule has 0 aliphatic rings. The molecule has 0 saturated carbocycles. The van der Waals surface area contributed by atoms with Crippen molar-refractivity contribution in [3.05, 3.63) is 66.0 Å². The van der Waals surface area contributed by atoms with Gasteiger partial charge in [-0.05, 0) is 36.8 Å². The Bertz CT molecular complexity index is 511. The van der Waals surface area contributed by atoms with E-state index < -0.39 is 5.60 Å². The summed E-state index contributed by atoms with van der Waals surface area (Å²) in [6.45, 7) is 1.98. The van der Waals surface area contributed by atoms with Gasteiger partial charge in [-0.1, -0.05) is 30.3 Å². The van der Waals surface area contributed by atoms with E-state index in [-0.39, 0.29) is 5.82 Å². The highest BCUT2D eigenvalue weighted by atomic mass is 19.1. The van der Waals surface area contributed by atoms with Gasteiger partial charge in [-0.25, -0.2) is 4.39 Å². The Labute approximate surface area is 106 Å². The van der Waals surface area contributed by atoms with Gasteiger partial charge in [-0.15, -0.1) is 0 Å². The minimum Gasteiger partial charge on any atom is -0.384 e. The van der Waals surface area contributed by atoms with Gasteiger partial charge < -0.3 is 10.4 Å². The number of benzene rings is 2. The fourth-order valence-electron chi connectivity index (χ4n) is 1.76. The van der Waals surface area contributed by atoms with Crippen LogP contribution in [0.5, 0.6) is 0 Å². The van der Waals surface area contributed by atoms with Crippen LogP contribution in [0.15, 0.2) is 54.6 Å². The second kappa shape index (κ2) is 5.19. The molecule has 0 fully saturated rings. The van der Waals surface area contributed by atoms with Crippen molar-refractivity contribution in [2.45, 2.75) is 12.5 Å². The maximum atomic E-state index is 13.1. The van der Waals surface area contributed by atoms with Crippen LogP contribution in [-0.2, 0) is 5.60 Å². The lowest BCUT2D eigenvalue weighted by Crippen LogP contribution is -2.30. The highest BCUT2D eigenvalue weighted by Crippen LogP contribution is 2.22. The van der Waals surface area contributed by atoms with Gasteiger partial charge in [0.25, 0.3) is 0 Å². The van der Waals surface area contributed by atoms with E-state index >= 15 is 0 Å². The number of hydrogen-bond donors (Lipinski definition) is 2. The molecule has 0 aliphatic heterocycles. The third-order valence-electron chi connectivity index (χ3n) is 2.86. The molecular weight excluding hydrogens is 229 g/mol. The molecule has 0 radical (unpaired) electrons. The molecule has 2 aromatic carbocycles. The molecule has 0 bridgehead atoms. The lowest BCUT2D eigenvalue weighted by molar-refractivity contribution is 0.0712. The molecule has 0 saturated heterocycles. The summed E-state index contributed by atoms with van der Waals surface area (Å²) < 4.78 is 13.1. The van der Waals surface area contributed by atoms with Crippen LogP contribution in [0.1, 0.15) is 12.5 Å². The van der Waals surface area contributed by atoms with Gasteiger partial charge in [-0.2, -0.15) is 0 Å². The summed E-state index contributed by atoms with van der Waals surface area (Å²) in [6, 6.07) is 15.6. The van der Waals surface area contributed by atoms with Crippen molar-refractivity contribution in [2.75, 3.05) is 11.9 Å². The minimum atomic E-state index is -1.11. The van der Waals surface area contributed by atoms with Crippen molar-refractivity contribution in [3.63, 3.8) is 0 Å². The quantitative estimate of drug-likeness (QED) is 0.867. The zero-order valence-corrected chi connectivity index (χ0v) is 10.2. The van der Waals surface area contributed by atoms with E-state index in [1.165, 1.54) is 12.1 Å². The normalized spacial score (nSPS) is 13.9. The number of para-hydroxylation sites is 1. The topological polar surface area (TPSA) is 32.3 Å². The Balaban J connectivity index is 2.08. The van der Waals surface area contributed by atoms with Crippen LogP contribution in [0.2, 0.25) is 0 Å². The second-order valence-corrected chi connectivity index (χ2v) is 4.50. The predicted octanol–water partition coefficient (Wildman–Crippen LogP) is 3.15. The SMILES string of the molecule is CC(O)(CNc1ccccc1)c1cccc(F)c1. The van der Waals surface area contributed by atoms with Crippen molar-refractivity contribution in [2.24, 2.45) is 0 Å². The smallest absolute Gasteiger partial charge is 0.123 e. The Morgan fingerprint density at radius 1 is 1.11 bits per heavy atom. The zero-order chi connectivity index (χ0) is 13.0. The van der Waals surface area contributed by atoms with Crippen molar-refractivity contribution >= 4 is 5.69 Å². The lowest BCUT2D eigenvalue weighted by atomic mass is 9.96. The van der Waals surface area contributed by atoms with E-state index in [4.69, 9.17) is 0 Å². The Kier molecular flexibility index (Phi) is 3.63. The van der Waals surface area contributed by atoms with Gasteiger partial charge in [0.05, 0.1) is 0 Å². The summed E-state index contributed by atoms with van der Waals surface area (Å²) in [5.41, 5.74) is 0.373. The maximum absolute atomic E-state index is 13.1. The highest BCUT2D eigenvalue weighted by molar-refractivity contribution is 5.43. The molecule has 2 nitrogen and oxygen atoms in total. The van der Waals surface area contributed by atoms with Gasteiger partial charge >= 0.3 is 0 Å². The standard InChI is InChI=1S/C15H16FNO/c1-15(18,12-6-5-7-13(16)10-12)11-17-14-8-3-2-4-9-14/h2-10,17-18H,11H2,1H3. The Morgan fingerprint density at radius 2 is 1.83 bits per heavy atom. The number of anilines is 1. The van der Waals surface area contributed by atoms with Gasteiger partial charge in [0.2, 0.25) is 0 Å². The number of nitrogens with one attached hydrogen (secondary N) is 1. The molecule has 2 aromatic rings. The van der Waals surface area contributed by atoms with E-state index in [0.29, 0.717) is 12.1 Å². The van der Waals surface area contributed by atoms with E-state index in [0.717, 1.165) is 5.69 Å². The second-order valence-electron chi connectivity index (χ2n) is 4.50. The molecule has 1 unspecified atom stereocenters. The predicted molar refractivity (Wildman–Crippen MR) is 70.9 cm³/mol. The summed E-state index contributed by atoms with van der Waals surface area (Å²) in [5.74, 6) is -0.340. The summed E-state index contributed by atoms with van der Waals surface area (Å²) in [5, 5.41) is 13.5. The van der Waals surface area contributed by atoms with Crippen LogP contribution in [0, 0.1) is 5.82 Å². The number of hydrogen-bond acceptors (Lipinski definition) is 2. The van der Waals surface area contributed by atoms with E-state index in [2.05, 4.69) is 5.32 Å². The Morgan fingerprint density at radius 3 is 2.50 bits per heavy atom. The third kappa shape index (κ3) is 3.08. The lowest BCUT2D eigenvalue weighted by Gasteiger charge is -2.24. The zero-order valence-electron chi connectivity index (χ0n) is 10.2. The van der Waals surface area contributed by atoms with E-state index in [1.807, 2.05) is 30.3 Å². The molecule has 18 heavy (non-hydrogen) atoms. The highest BCUT2D eigenvalue weighted by Gasteiger charge is 2.23. The van der Waals surface area contributed by atoms with Gasteiger partial charge in [-0.3, -0.25) is 0 Å². The number of halogens is 1. The molecule has 0 heterocycles. The van der Waals surface area contributed by atoms with E-state index in [1.54, 1.807) is 19.1 Å². The summed E-state index contributed by atoms with van der Waals surface area (Å²) in [7, 11) is 0. The average molecular weight is 245 g/mol. The monoisotopic (exact) mass is 245 g/mol. The molecule has 1 atom stereocenters. The van der Waals surface area contributed by atoms with Crippen LogP contribution < -0.4 is 5.32 Å². The summed E-state index contributed by atoms with van der Waals surface area (Å²) >= 11 is 0. The number of rotatable bonds is 4. The van der Waals surface area contributed by atoms with Crippen LogP contribution in [0.25, 0.3) is 0 Å². The summed E-state index contributed by atoms with van der Waals surface area (Å²) in [4.78, 5) is 0. The van der Waals surface area contributed by atoms with Crippen LogP contribution >= 0.6 is 0 Å². The third-order valence-corrected chi connectivity index (χ3v) is 2.86. The van der Waals surface area contributed by atoms with Gasteiger partial charge in [0, 0.05) is 12.2 Å². The van der Waals surface area contributed by atoms with Gasteiger partial charge in [0.15, 0.2) is 0 Å². The first kappa shape index (κ1) is 12.6. The molecule has 0 aliphatic carbocycles. The molecular formula is C15H16FNO. The molecule has 2 rings (SSSR count). The first-order chi connectivity index (χ1) is 8.58. The molecule has 3 heteroatoms. The summed E-state index contributed by atoms with van der Waals surface area (Å²) in [6.07, 6.45) is 0. The molecule has 0 amide bonds. The van der Waals surface area contributed by atoms with Crippen molar-refractivity contribution in [3.8, 4) is 0 Å². The molecule has 0 aromatic heterocycles. The largest absolute Gasteiger partial charge is 0.384 e. The molecule has 0 spiro atoms. The van der Waals surface area contributed by atoms with Gasteiger partial charge in [0.1, 0.15) is 11.4 Å². The fraction of sp³-hybridized carbons (Fsp3) is 0.200. The van der Waals surface area contributed by atoms with E-state index in [9.17, 15) is 9.50 Å². The number of aliphatic hydroxyl groups is 1. The van der Waals surface area contributed by atoms with Crippen molar-refractivity contribution < 1.29 is 9.50 Å². The first-order valence-corrected chi connectivity index (χ1v) is 5.85. The average Bonchev–Trinajstić information content (AvgIpc) is 2.38. The van der Waals surface area contributed by atoms with Crippen molar-refractivity contribution in [1.29, 1.82) is 0 Å². The van der Waals surface area contributed by atoms with Crippen LogP contribution in [-0.4, -0.2) is 11.7 Å². The minimum absolute atomic E-state index is 0.320. The Hall–Kier alpha value is -1.87.